The third-order valence-corrected chi connectivity index (χ3v) is 8.31. The normalized spacial score (nSPS) is 50.3. The Hall–Kier alpha value is -0.830. The zero-order chi connectivity index (χ0) is 17.1. The minimum Gasteiger partial charge on any atom is -0.462 e. The zero-order valence-corrected chi connectivity index (χ0v) is 15.4. The van der Waals surface area contributed by atoms with Gasteiger partial charge in [0, 0.05) is 12.3 Å². The van der Waals surface area contributed by atoms with Crippen LogP contribution >= 0.6 is 0 Å². The van der Waals surface area contributed by atoms with E-state index in [1.807, 2.05) is 0 Å². The number of carbonyl (C=O) groups excluding carboxylic acids is 1. The maximum absolute atomic E-state index is 11.5. The highest BCUT2D eigenvalue weighted by molar-refractivity contribution is 5.66. The number of esters is 1. The monoisotopic (exact) mass is 332 g/mol. The molecule has 7 atom stereocenters. The number of fused-ring (bicyclic) bond motifs is 5. The van der Waals surface area contributed by atoms with Crippen molar-refractivity contribution < 1.29 is 14.6 Å². The molecule has 4 rings (SSSR count). The van der Waals surface area contributed by atoms with Crippen molar-refractivity contribution in [1.29, 1.82) is 0 Å². The van der Waals surface area contributed by atoms with Gasteiger partial charge in [-0.15, -0.1) is 0 Å². The van der Waals surface area contributed by atoms with Crippen molar-refractivity contribution in [2.75, 3.05) is 0 Å². The Morgan fingerprint density at radius 2 is 1.92 bits per heavy atom. The highest BCUT2D eigenvalue weighted by atomic mass is 16.5. The maximum Gasteiger partial charge on any atom is 0.302 e. The molecule has 0 unspecified atom stereocenters. The lowest BCUT2D eigenvalue weighted by atomic mass is 9.47. The smallest absolute Gasteiger partial charge is 0.302 e. The number of allylic oxidation sites excluding steroid dienone is 1. The number of carbonyl (C=O) groups is 1. The molecule has 0 bridgehead atoms. The van der Waals surface area contributed by atoms with Crippen LogP contribution in [0.1, 0.15) is 72.1 Å². The van der Waals surface area contributed by atoms with E-state index >= 15 is 0 Å². The van der Waals surface area contributed by atoms with Gasteiger partial charge >= 0.3 is 5.97 Å². The molecule has 0 aliphatic heterocycles. The Labute approximate surface area is 145 Å². The van der Waals surface area contributed by atoms with Gasteiger partial charge in [-0.2, -0.15) is 0 Å². The molecular formula is C21H32O3. The zero-order valence-electron chi connectivity index (χ0n) is 15.4. The number of hydrogen-bond donors (Lipinski definition) is 1. The summed E-state index contributed by atoms with van der Waals surface area (Å²) >= 11 is 0. The summed E-state index contributed by atoms with van der Waals surface area (Å²) in [7, 11) is 0. The second-order valence-corrected chi connectivity index (χ2v) is 9.35. The van der Waals surface area contributed by atoms with Crippen molar-refractivity contribution in [1.82, 2.24) is 0 Å². The van der Waals surface area contributed by atoms with Crippen LogP contribution in [-0.4, -0.2) is 23.3 Å². The molecule has 0 heterocycles. The number of hydrogen-bond acceptors (Lipinski definition) is 3. The van der Waals surface area contributed by atoms with Crippen LogP contribution in [0, 0.1) is 28.6 Å². The summed E-state index contributed by atoms with van der Waals surface area (Å²) in [4.78, 5) is 11.5. The van der Waals surface area contributed by atoms with Gasteiger partial charge in [-0.3, -0.25) is 4.79 Å². The van der Waals surface area contributed by atoms with Gasteiger partial charge in [-0.25, -0.2) is 0 Å². The van der Waals surface area contributed by atoms with Crippen molar-refractivity contribution in [3.05, 3.63) is 11.6 Å². The van der Waals surface area contributed by atoms with Gasteiger partial charge in [-0.05, 0) is 74.5 Å². The second-order valence-electron chi connectivity index (χ2n) is 9.35. The van der Waals surface area contributed by atoms with Crippen LogP contribution in [0.15, 0.2) is 11.6 Å². The molecule has 3 fully saturated rings. The van der Waals surface area contributed by atoms with Gasteiger partial charge in [0.2, 0.25) is 0 Å². The standard InChI is InChI=1S/C21H32O3/c1-13(22)24-19-7-6-17-16-5-4-14-12-15(23)8-10-20(14,2)18(16)9-11-21(17,19)3/h12,15-19,23H,4-11H2,1-3H3/t15-,16+,17+,18+,19-,20-,21-/m0/s1. The van der Waals surface area contributed by atoms with Crippen molar-refractivity contribution in [2.24, 2.45) is 28.6 Å². The highest BCUT2D eigenvalue weighted by Crippen LogP contribution is 2.65. The fourth-order valence-electron chi connectivity index (χ4n) is 7.06. The van der Waals surface area contributed by atoms with Gasteiger partial charge in [0.1, 0.15) is 6.10 Å². The molecule has 3 heteroatoms. The molecule has 0 aromatic carbocycles. The summed E-state index contributed by atoms with van der Waals surface area (Å²) in [5, 5.41) is 10.0. The maximum atomic E-state index is 11.5. The minimum atomic E-state index is -0.224. The first-order valence-electron chi connectivity index (χ1n) is 9.91. The molecule has 134 valence electrons. The summed E-state index contributed by atoms with van der Waals surface area (Å²) < 4.78 is 5.73. The Balaban J connectivity index is 1.61. The molecule has 0 spiro atoms. The molecule has 4 aliphatic carbocycles. The molecule has 4 aliphatic rings. The summed E-state index contributed by atoms with van der Waals surface area (Å²) in [5.41, 5.74) is 2.00. The second kappa shape index (κ2) is 5.59. The van der Waals surface area contributed by atoms with Crippen LogP contribution in [0.2, 0.25) is 0 Å². The quantitative estimate of drug-likeness (QED) is 0.577. The van der Waals surface area contributed by atoms with Gasteiger partial charge in [-0.1, -0.05) is 25.5 Å². The SMILES string of the molecule is CC(=O)O[C@H]1CC[C@@H]2[C@H]3CCC4=C[C@@H](O)CC[C@]4(C)[C@@H]3CC[C@]12C. The van der Waals surface area contributed by atoms with E-state index in [2.05, 4.69) is 19.9 Å². The molecular weight excluding hydrogens is 300 g/mol. The topological polar surface area (TPSA) is 46.5 Å². The molecule has 0 aromatic rings. The minimum absolute atomic E-state index is 0.119. The number of ether oxygens (including phenoxy) is 1. The van der Waals surface area contributed by atoms with Gasteiger partial charge in [0.25, 0.3) is 0 Å². The van der Waals surface area contributed by atoms with Crippen LogP contribution in [0.4, 0.5) is 0 Å². The van der Waals surface area contributed by atoms with Crippen molar-refractivity contribution >= 4 is 5.97 Å². The predicted molar refractivity (Wildman–Crippen MR) is 93.3 cm³/mol. The van der Waals surface area contributed by atoms with Crippen LogP contribution in [0.5, 0.6) is 0 Å². The van der Waals surface area contributed by atoms with E-state index in [9.17, 15) is 9.90 Å². The van der Waals surface area contributed by atoms with Gasteiger partial charge in [0.15, 0.2) is 0 Å². The van der Waals surface area contributed by atoms with Crippen LogP contribution < -0.4 is 0 Å². The van der Waals surface area contributed by atoms with E-state index in [1.165, 1.54) is 31.3 Å². The molecule has 1 N–H and O–H groups in total. The van der Waals surface area contributed by atoms with E-state index < -0.39 is 0 Å². The Morgan fingerprint density at radius 1 is 1.12 bits per heavy atom. The number of aliphatic hydroxyl groups excluding tert-OH is 1. The number of aliphatic hydroxyl groups is 1. The lowest BCUT2D eigenvalue weighted by molar-refractivity contribution is -0.157. The van der Waals surface area contributed by atoms with E-state index in [0.717, 1.165) is 37.5 Å². The lowest BCUT2D eigenvalue weighted by Gasteiger charge is -2.58. The number of rotatable bonds is 1. The molecule has 0 saturated heterocycles. The third-order valence-electron chi connectivity index (χ3n) is 8.31. The first-order chi connectivity index (χ1) is 11.3. The van der Waals surface area contributed by atoms with Crippen molar-refractivity contribution in [3.63, 3.8) is 0 Å². The fourth-order valence-corrected chi connectivity index (χ4v) is 7.06. The van der Waals surface area contributed by atoms with E-state index in [4.69, 9.17) is 4.74 Å². The summed E-state index contributed by atoms with van der Waals surface area (Å²) in [6.07, 6.45) is 11.2. The Kier molecular flexibility index (Phi) is 3.87. The summed E-state index contributed by atoms with van der Waals surface area (Å²) in [6, 6.07) is 0. The average molecular weight is 332 g/mol. The average Bonchev–Trinajstić information content (AvgIpc) is 2.84. The van der Waals surface area contributed by atoms with Crippen molar-refractivity contribution in [2.45, 2.75) is 84.3 Å². The molecule has 0 aromatic heterocycles. The first-order valence-corrected chi connectivity index (χ1v) is 9.91. The van der Waals surface area contributed by atoms with Gasteiger partial charge in [0.05, 0.1) is 6.10 Å². The fraction of sp³-hybridized carbons (Fsp3) is 0.857. The first kappa shape index (κ1) is 16.6. The van der Waals surface area contributed by atoms with Crippen LogP contribution in [0.25, 0.3) is 0 Å². The van der Waals surface area contributed by atoms with E-state index in [1.54, 1.807) is 6.92 Å². The summed E-state index contributed by atoms with van der Waals surface area (Å²) in [6.45, 7) is 6.39. The largest absolute Gasteiger partial charge is 0.462 e. The Bertz CT molecular complexity index is 567. The third kappa shape index (κ3) is 2.30. The summed E-state index contributed by atoms with van der Waals surface area (Å²) in [5.74, 6) is 2.10. The molecule has 24 heavy (non-hydrogen) atoms. The predicted octanol–water partition coefficient (Wildman–Crippen LogP) is 4.24. The lowest BCUT2D eigenvalue weighted by Crippen LogP contribution is -2.51. The van der Waals surface area contributed by atoms with Crippen LogP contribution in [-0.2, 0) is 9.53 Å². The molecule has 0 amide bonds. The van der Waals surface area contributed by atoms with Crippen LogP contribution in [0.3, 0.4) is 0 Å². The van der Waals surface area contributed by atoms with Gasteiger partial charge < -0.3 is 9.84 Å². The van der Waals surface area contributed by atoms with Crippen molar-refractivity contribution in [3.8, 4) is 0 Å². The van der Waals surface area contributed by atoms with E-state index in [0.29, 0.717) is 11.3 Å². The van der Waals surface area contributed by atoms with E-state index in [-0.39, 0.29) is 23.6 Å². The Morgan fingerprint density at radius 3 is 2.67 bits per heavy atom. The molecule has 0 radical (unpaired) electrons. The molecule has 3 nitrogen and oxygen atoms in total. The highest BCUT2D eigenvalue weighted by Gasteiger charge is 2.59. The molecule has 3 saturated carbocycles.